The topological polar surface area (TPSA) is 59.2 Å². The zero-order valence-corrected chi connectivity index (χ0v) is 11.4. The number of hydrogen-bond donors (Lipinski definition) is 1. The van der Waals surface area contributed by atoms with Crippen molar-refractivity contribution in [3.8, 4) is 0 Å². The fourth-order valence-corrected chi connectivity index (χ4v) is 2.57. The largest absolute Gasteiger partial charge is 0.336 e. The Morgan fingerprint density at radius 1 is 1.59 bits per heavy atom. The summed E-state index contributed by atoms with van der Waals surface area (Å²) in [4.78, 5) is 18.2. The maximum absolute atomic E-state index is 12.3. The molecule has 1 aromatic heterocycles. The molecule has 1 aliphatic heterocycles. The van der Waals surface area contributed by atoms with Gasteiger partial charge in [-0.05, 0) is 41.8 Å². The standard InChI is InChI=1S/C12H16BrN3O/c1-8-4-11(14)2-3-16(8)12(17)9-5-10(13)7-15-6-9/h5-8,11H,2-4,14H2,1H3. The SMILES string of the molecule is CC1CC(N)CCN1C(=O)c1cncc(Br)c1. The molecule has 2 atom stereocenters. The highest BCUT2D eigenvalue weighted by Crippen LogP contribution is 2.19. The summed E-state index contributed by atoms with van der Waals surface area (Å²) >= 11 is 3.33. The lowest BCUT2D eigenvalue weighted by molar-refractivity contribution is 0.0618. The van der Waals surface area contributed by atoms with E-state index in [1.54, 1.807) is 18.5 Å². The summed E-state index contributed by atoms with van der Waals surface area (Å²) in [6.45, 7) is 2.77. The van der Waals surface area contributed by atoms with E-state index in [2.05, 4.69) is 20.9 Å². The molecule has 0 saturated carbocycles. The molecule has 5 heteroatoms. The van der Waals surface area contributed by atoms with Crippen LogP contribution in [0.15, 0.2) is 22.9 Å². The maximum Gasteiger partial charge on any atom is 0.255 e. The number of piperidine rings is 1. The minimum Gasteiger partial charge on any atom is -0.336 e. The van der Waals surface area contributed by atoms with E-state index in [9.17, 15) is 4.79 Å². The van der Waals surface area contributed by atoms with Crippen molar-refractivity contribution in [3.63, 3.8) is 0 Å². The van der Waals surface area contributed by atoms with Gasteiger partial charge < -0.3 is 10.6 Å². The average Bonchev–Trinajstić information content (AvgIpc) is 2.28. The number of carbonyl (C=O) groups is 1. The van der Waals surface area contributed by atoms with Crippen LogP contribution in [0.4, 0.5) is 0 Å². The normalized spacial score (nSPS) is 24.8. The lowest BCUT2D eigenvalue weighted by atomic mass is 9.98. The van der Waals surface area contributed by atoms with E-state index in [-0.39, 0.29) is 18.0 Å². The Labute approximate surface area is 109 Å². The first kappa shape index (κ1) is 12.5. The summed E-state index contributed by atoms with van der Waals surface area (Å²) in [6, 6.07) is 2.22. The summed E-state index contributed by atoms with van der Waals surface area (Å²) in [5, 5.41) is 0. The van der Waals surface area contributed by atoms with Crippen LogP contribution in [0.3, 0.4) is 0 Å². The molecule has 17 heavy (non-hydrogen) atoms. The van der Waals surface area contributed by atoms with Crippen LogP contribution in [0, 0.1) is 0 Å². The molecule has 0 aromatic carbocycles. The molecule has 0 bridgehead atoms. The van der Waals surface area contributed by atoms with Gasteiger partial charge in [-0.2, -0.15) is 0 Å². The number of aromatic nitrogens is 1. The van der Waals surface area contributed by atoms with Gasteiger partial charge in [-0.25, -0.2) is 0 Å². The van der Waals surface area contributed by atoms with E-state index < -0.39 is 0 Å². The number of amides is 1. The Kier molecular flexibility index (Phi) is 3.79. The molecule has 1 aliphatic rings. The van der Waals surface area contributed by atoms with E-state index >= 15 is 0 Å². The highest BCUT2D eigenvalue weighted by molar-refractivity contribution is 9.10. The number of carbonyl (C=O) groups excluding carboxylic acids is 1. The molecule has 92 valence electrons. The first-order chi connectivity index (χ1) is 8.08. The van der Waals surface area contributed by atoms with Gasteiger partial charge in [0, 0.05) is 35.5 Å². The zero-order valence-electron chi connectivity index (χ0n) is 9.77. The number of hydrogen-bond acceptors (Lipinski definition) is 3. The van der Waals surface area contributed by atoms with Gasteiger partial charge in [-0.15, -0.1) is 0 Å². The molecule has 4 nitrogen and oxygen atoms in total. The van der Waals surface area contributed by atoms with Crippen molar-refractivity contribution in [2.24, 2.45) is 5.73 Å². The molecule has 0 spiro atoms. The number of rotatable bonds is 1. The van der Waals surface area contributed by atoms with Crippen molar-refractivity contribution in [3.05, 3.63) is 28.5 Å². The van der Waals surface area contributed by atoms with Gasteiger partial charge in [-0.3, -0.25) is 9.78 Å². The molecule has 2 N–H and O–H groups in total. The number of nitrogens with two attached hydrogens (primary N) is 1. The minimum absolute atomic E-state index is 0.0400. The van der Waals surface area contributed by atoms with Crippen molar-refractivity contribution < 1.29 is 4.79 Å². The monoisotopic (exact) mass is 297 g/mol. The van der Waals surface area contributed by atoms with Crippen LogP contribution in [-0.4, -0.2) is 34.4 Å². The number of pyridine rings is 1. The molecule has 2 heterocycles. The summed E-state index contributed by atoms with van der Waals surface area (Å²) in [5.74, 6) is 0.0400. The predicted molar refractivity (Wildman–Crippen MR) is 69.6 cm³/mol. The van der Waals surface area contributed by atoms with E-state index in [1.807, 2.05) is 11.8 Å². The summed E-state index contributed by atoms with van der Waals surface area (Å²) in [7, 11) is 0. The van der Waals surface area contributed by atoms with Gasteiger partial charge >= 0.3 is 0 Å². The van der Waals surface area contributed by atoms with Gasteiger partial charge in [0.1, 0.15) is 0 Å². The van der Waals surface area contributed by atoms with Crippen LogP contribution in [0.5, 0.6) is 0 Å². The second-order valence-electron chi connectivity index (χ2n) is 4.52. The Morgan fingerprint density at radius 3 is 3.00 bits per heavy atom. The van der Waals surface area contributed by atoms with E-state index in [4.69, 9.17) is 5.73 Å². The van der Waals surface area contributed by atoms with Crippen LogP contribution in [0.2, 0.25) is 0 Å². The zero-order chi connectivity index (χ0) is 12.4. The average molecular weight is 298 g/mol. The molecular formula is C12H16BrN3O. The van der Waals surface area contributed by atoms with Gasteiger partial charge in [0.2, 0.25) is 0 Å². The van der Waals surface area contributed by atoms with Gasteiger partial charge in [0.15, 0.2) is 0 Å². The van der Waals surface area contributed by atoms with Crippen LogP contribution < -0.4 is 5.73 Å². The van der Waals surface area contributed by atoms with Crippen molar-refractivity contribution in [2.75, 3.05) is 6.54 Å². The van der Waals surface area contributed by atoms with E-state index in [0.29, 0.717) is 5.56 Å². The van der Waals surface area contributed by atoms with Crippen molar-refractivity contribution in [2.45, 2.75) is 31.8 Å². The second-order valence-corrected chi connectivity index (χ2v) is 5.44. The molecule has 1 amide bonds. The lowest BCUT2D eigenvalue weighted by Gasteiger charge is -2.36. The fraction of sp³-hybridized carbons (Fsp3) is 0.500. The smallest absolute Gasteiger partial charge is 0.255 e. The maximum atomic E-state index is 12.3. The van der Waals surface area contributed by atoms with Crippen LogP contribution in [0.1, 0.15) is 30.1 Å². The minimum atomic E-state index is 0.0400. The molecular weight excluding hydrogens is 282 g/mol. The Morgan fingerprint density at radius 2 is 2.35 bits per heavy atom. The molecule has 1 aromatic rings. The Hall–Kier alpha value is -0.940. The lowest BCUT2D eigenvalue weighted by Crippen LogP contribution is -2.48. The van der Waals surface area contributed by atoms with Crippen molar-refractivity contribution in [1.29, 1.82) is 0 Å². The van der Waals surface area contributed by atoms with Crippen LogP contribution in [0.25, 0.3) is 0 Å². The van der Waals surface area contributed by atoms with Crippen molar-refractivity contribution >= 4 is 21.8 Å². The fourth-order valence-electron chi connectivity index (χ4n) is 2.20. The van der Waals surface area contributed by atoms with Gasteiger partial charge in [0.25, 0.3) is 5.91 Å². The second kappa shape index (κ2) is 5.14. The molecule has 0 radical (unpaired) electrons. The highest BCUT2D eigenvalue weighted by atomic mass is 79.9. The number of nitrogens with zero attached hydrogens (tertiary/aromatic N) is 2. The molecule has 0 aliphatic carbocycles. The summed E-state index contributed by atoms with van der Waals surface area (Å²) in [6.07, 6.45) is 5.02. The summed E-state index contributed by atoms with van der Waals surface area (Å²) in [5.41, 5.74) is 6.52. The first-order valence-electron chi connectivity index (χ1n) is 5.75. The molecule has 2 unspecified atom stereocenters. The van der Waals surface area contributed by atoms with Gasteiger partial charge in [0.05, 0.1) is 5.56 Å². The molecule has 1 fully saturated rings. The Bertz CT molecular complexity index is 424. The predicted octanol–water partition coefficient (Wildman–Crippen LogP) is 1.80. The molecule has 2 rings (SSSR count). The van der Waals surface area contributed by atoms with Crippen LogP contribution in [-0.2, 0) is 0 Å². The number of halogens is 1. The third kappa shape index (κ3) is 2.84. The van der Waals surface area contributed by atoms with E-state index in [0.717, 1.165) is 23.9 Å². The van der Waals surface area contributed by atoms with E-state index in [1.165, 1.54) is 0 Å². The van der Waals surface area contributed by atoms with Crippen molar-refractivity contribution in [1.82, 2.24) is 9.88 Å². The first-order valence-corrected chi connectivity index (χ1v) is 6.54. The quantitative estimate of drug-likeness (QED) is 0.860. The highest BCUT2D eigenvalue weighted by Gasteiger charge is 2.27. The third-order valence-electron chi connectivity index (χ3n) is 3.13. The van der Waals surface area contributed by atoms with Gasteiger partial charge in [-0.1, -0.05) is 0 Å². The Balaban J connectivity index is 2.15. The summed E-state index contributed by atoms with van der Waals surface area (Å²) < 4.78 is 0.824. The number of likely N-dealkylation sites (tertiary alicyclic amines) is 1. The third-order valence-corrected chi connectivity index (χ3v) is 3.56. The van der Waals surface area contributed by atoms with Crippen LogP contribution >= 0.6 is 15.9 Å². The molecule has 1 saturated heterocycles.